The van der Waals surface area contributed by atoms with Gasteiger partial charge in [-0.3, -0.25) is 4.79 Å². The molecule has 0 aliphatic heterocycles. The number of carboxylic acid groups (broad SMARTS) is 1. The van der Waals surface area contributed by atoms with Crippen molar-refractivity contribution >= 4 is 5.97 Å². The number of allylic oxidation sites excluding steroid dienone is 2. The van der Waals surface area contributed by atoms with Gasteiger partial charge < -0.3 is 10.2 Å². The van der Waals surface area contributed by atoms with Gasteiger partial charge in [-0.2, -0.15) is 0 Å². The Kier molecular flexibility index (Phi) is 40.6. The van der Waals surface area contributed by atoms with Gasteiger partial charge >= 0.3 is 5.97 Å². The minimum absolute atomic E-state index is 0.344. The van der Waals surface area contributed by atoms with E-state index in [0.717, 1.165) is 19.3 Å². The van der Waals surface area contributed by atoms with Gasteiger partial charge in [0.1, 0.15) is 0 Å². The van der Waals surface area contributed by atoms with Gasteiger partial charge in [0.05, 0.1) is 0 Å². The largest absolute Gasteiger partial charge is 0.481 e. The molecule has 0 aromatic heterocycles. The molecule has 3 nitrogen and oxygen atoms in total. The molecule has 0 aliphatic rings. The van der Waals surface area contributed by atoms with Gasteiger partial charge in [0.15, 0.2) is 0 Å². The maximum atomic E-state index is 10.3. The third-order valence-corrected chi connectivity index (χ3v) is 7.66. The second-order valence-electron chi connectivity index (χ2n) is 11.8. The van der Waals surface area contributed by atoms with Crippen molar-refractivity contribution in [3.05, 3.63) is 12.2 Å². The van der Waals surface area contributed by atoms with E-state index in [0.29, 0.717) is 13.0 Å². The lowest BCUT2D eigenvalue weighted by Gasteiger charge is -2.01. The predicted octanol–water partition coefficient (Wildman–Crippen LogP) is 12.3. The molecular formula is C36H72O3. The minimum Gasteiger partial charge on any atom is -0.481 e. The smallest absolute Gasteiger partial charge is 0.303 e. The van der Waals surface area contributed by atoms with Gasteiger partial charge in [-0.25, -0.2) is 0 Å². The number of carbonyl (C=O) groups is 1. The molecule has 39 heavy (non-hydrogen) atoms. The molecule has 0 fully saturated rings. The normalized spacial score (nSPS) is 11.2. The zero-order chi connectivity index (χ0) is 28.9. The second kappa shape index (κ2) is 39.3. The summed E-state index contributed by atoms with van der Waals surface area (Å²) < 4.78 is 0. The first-order chi connectivity index (χ1) is 19.2. The van der Waals surface area contributed by atoms with Crippen LogP contribution in [0.5, 0.6) is 0 Å². The van der Waals surface area contributed by atoms with Crippen molar-refractivity contribution in [1.29, 1.82) is 0 Å². The van der Waals surface area contributed by atoms with Gasteiger partial charge in [-0.1, -0.05) is 174 Å². The summed E-state index contributed by atoms with van der Waals surface area (Å²) in [6, 6.07) is 0. The summed E-state index contributed by atoms with van der Waals surface area (Å²) in [7, 11) is 0. The number of hydrogen-bond acceptors (Lipinski definition) is 2. The molecular weight excluding hydrogens is 480 g/mol. The molecule has 0 rings (SSSR count). The topological polar surface area (TPSA) is 57.5 Å². The zero-order valence-corrected chi connectivity index (χ0v) is 26.9. The van der Waals surface area contributed by atoms with E-state index in [1.807, 2.05) is 0 Å². The van der Waals surface area contributed by atoms with E-state index in [2.05, 4.69) is 26.0 Å². The summed E-state index contributed by atoms with van der Waals surface area (Å²) in [5.74, 6) is -0.657. The highest BCUT2D eigenvalue weighted by molar-refractivity contribution is 5.66. The molecule has 0 aromatic rings. The van der Waals surface area contributed by atoms with E-state index >= 15 is 0 Å². The molecule has 0 radical (unpaired) electrons. The summed E-state index contributed by atoms with van der Waals surface area (Å²) in [5, 5.41) is 17.2. The zero-order valence-electron chi connectivity index (χ0n) is 26.9. The van der Waals surface area contributed by atoms with Crippen LogP contribution in [0.25, 0.3) is 0 Å². The lowest BCUT2D eigenvalue weighted by molar-refractivity contribution is -0.137. The first kappa shape index (κ1) is 40.3. The molecule has 0 saturated heterocycles. The summed E-state index contributed by atoms with van der Waals surface area (Å²) in [4.78, 5) is 10.3. The Morgan fingerprint density at radius 1 is 0.436 bits per heavy atom. The Morgan fingerprint density at radius 3 is 1.03 bits per heavy atom. The number of hydrogen-bond donors (Lipinski definition) is 2. The second-order valence-corrected chi connectivity index (χ2v) is 11.8. The fourth-order valence-corrected chi connectivity index (χ4v) is 5.01. The Balaban J connectivity index is 0. The molecule has 2 N–H and O–H groups in total. The average molecular weight is 553 g/mol. The van der Waals surface area contributed by atoms with Crippen LogP contribution in [-0.2, 0) is 4.79 Å². The third-order valence-electron chi connectivity index (χ3n) is 7.66. The number of aliphatic hydroxyl groups excluding tert-OH is 1. The molecule has 0 unspecified atom stereocenters. The van der Waals surface area contributed by atoms with Crippen molar-refractivity contribution in [3.63, 3.8) is 0 Å². The van der Waals surface area contributed by atoms with Crippen molar-refractivity contribution in [2.75, 3.05) is 6.61 Å². The van der Waals surface area contributed by atoms with Crippen LogP contribution in [0.15, 0.2) is 12.2 Å². The Bertz CT molecular complexity index is 460. The fourth-order valence-electron chi connectivity index (χ4n) is 5.01. The number of aliphatic hydroxyl groups is 1. The summed E-state index contributed by atoms with van der Waals surface area (Å²) in [5.41, 5.74) is 0. The van der Waals surface area contributed by atoms with Gasteiger partial charge in [-0.05, 0) is 38.5 Å². The van der Waals surface area contributed by atoms with Gasteiger partial charge in [-0.15, -0.1) is 0 Å². The molecule has 234 valence electrons. The van der Waals surface area contributed by atoms with Gasteiger partial charge in [0.2, 0.25) is 0 Å². The van der Waals surface area contributed by atoms with Crippen LogP contribution >= 0.6 is 0 Å². The minimum atomic E-state index is -0.657. The summed E-state index contributed by atoms with van der Waals surface area (Å²) >= 11 is 0. The first-order valence-corrected chi connectivity index (χ1v) is 17.7. The van der Waals surface area contributed by atoms with Crippen LogP contribution in [0.3, 0.4) is 0 Å². The van der Waals surface area contributed by atoms with Crippen LogP contribution in [0.2, 0.25) is 0 Å². The maximum Gasteiger partial charge on any atom is 0.303 e. The molecule has 3 heteroatoms. The van der Waals surface area contributed by atoms with Crippen molar-refractivity contribution in [1.82, 2.24) is 0 Å². The number of carboxylic acids is 1. The Morgan fingerprint density at radius 2 is 0.718 bits per heavy atom. The summed E-state index contributed by atoms with van der Waals surface area (Å²) in [6.45, 7) is 4.90. The quantitative estimate of drug-likeness (QED) is 0.0664. The molecule has 0 aliphatic carbocycles. The molecule has 0 atom stereocenters. The van der Waals surface area contributed by atoms with Crippen LogP contribution in [-0.4, -0.2) is 22.8 Å². The highest BCUT2D eigenvalue weighted by atomic mass is 16.4. The van der Waals surface area contributed by atoms with Crippen molar-refractivity contribution in [3.8, 4) is 0 Å². The molecule has 0 aromatic carbocycles. The summed E-state index contributed by atoms with van der Waals surface area (Å²) in [6.07, 6.45) is 43.5. The predicted molar refractivity (Wildman–Crippen MR) is 174 cm³/mol. The van der Waals surface area contributed by atoms with E-state index in [9.17, 15) is 4.79 Å². The maximum absolute atomic E-state index is 10.3. The van der Waals surface area contributed by atoms with Crippen LogP contribution < -0.4 is 0 Å². The molecule has 0 spiro atoms. The van der Waals surface area contributed by atoms with Crippen LogP contribution in [0.4, 0.5) is 0 Å². The number of aliphatic carboxylic acids is 1. The van der Waals surface area contributed by atoms with Crippen LogP contribution in [0, 0.1) is 0 Å². The highest BCUT2D eigenvalue weighted by Gasteiger charge is 1.97. The highest BCUT2D eigenvalue weighted by Crippen LogP contribution is 2.13. The van der Waals surface area contributed by atoms with Crippen molar-refractivity contribution < 1.29 is 15.0 Å². The SMILES string of the molecule is CCCCCCCC/C=C\CCCCCCCCCCCCO.CCCCCCCCCCCCCC(=O)O. The number of rotatable bonds is 31. The standard InChI is InChI=1S/C22H44O.C14H28O2/c1-2-3-4-5-6-7-8-9-10-11-12-13-14-15-16-17-18-19-20-21-22-23;1-2-3-4-5-6-7-8-9-10-11-12-13-14(15)16/h9-10,23H,2-8,11-22H2,1H3;2-13H2,1H3,(H,15,16)/b10-9-;. The molecule has 0 amide bonds. The molecule has 0 bridgehead atoms. The van der Waals surface area contributed by atoms with E-state index in [1.165, 1.54) is 167 Å². The van der Waals surface area contributed by atoms with E-state index in [1.54, 1.807) is 0 Å². The van der Waals surface area contributed by atoms with E-state index < -0.39 is 5.97 Å². The Hall–Kier alpha value is -0.830. The average Bonchev–Trinajstić information content (AvgIpc) is 2.93. The lowest BCUT2D eigenvalue weighted by atomic mass is 10.1. The number of unbranched alkanes of at least 4 members (excludes halogenated alkanes) is 26. The van der Waals surface area contributed by atoms with Crippen LogP contribution in [0.1, 0.15) is 206 Å². The van der Waals surface area contributed by atoms with Gasteiger partial charge in [0.25, 0.3) is 0 Å². The third kappa shape index (κ3) is 44.4. The monoisotopic (exact) mass is 553 g/mol. The lowest BCUT2D eigenvalue weighted by Crippen LogP contribution is -1.93. The molecule has 0 saturated carbocycles. The van der Waals surface area contributed by atoms with Crippen molar-refractivity contribution in [2.24, 2.45) is 0 Å². The Labute approximate surface area is 246 Å². The molecule has 0 heterocycles. The van der Waals surface area contributed by atoms with Crippen molar-refractivity contribution in [2.45, 2.75) is 206 Å². The van der Waals surface area contributed by atoms with Gasteiger partial charge in [0, 0.05) is 13.0 Å². The van der Waals surface area contributed by atoms with E-state index in [4.69, 9.17) is 10.2 Å². The fraction of sp³-hybridized carbons (Fsp3) is 0.917. The first-order valence-electron chi connectivity index (χ1n) is 17.7. The van der Waals surface area contributed by atoms with E-state index in [-0.39, 0.29) is 0 Å².